The summed E-state index contributed by atoms with van der Waals surface area (Å²) < 4.78 is 0. The van der Waals surface area contributed by atoms with Gasteiger partial charge in [0.1, 0.15) is 6.61 Å². The van der Waals surface area contributed by atoms with Crippen LogP contribution in [0.1, 0.15) is 15.9 Å². The number of aliphatic hydroxyl groups excluding tert-OH is 1. The molecule has 2 fully saturated rings. The first-order valence-electron chi connectivity index (χ1n) is 11.7. The van der Waals surface area contributed by atoms with E-state index in [1.165, 1.54) is 18.0 Å². The van der Waals surface area contributed by atoms with Gasteiger partial charge in [0.2, 0.25) is 5.95 Å². The zero-order valence-corrected chi connectivity index (χ0v) is 19.4. The number of anilines is 1. The maximum absolute atomic E-state index is 11.6. The number of aromatic nitrogens is 2. The minimum atomic E-state index is -0.521. The number of Topliss-reactive ketones (excluding diaryl/α,β-unsaturated/α-hetero) is 1. The number of likely N-dealkylation sites (N-methyl/N-ethyl adjacent to an activating group) is 1. The van der Waals surface area contributed by atoms with E-state index in [1.54, 1.807) is 0 Å². The van der Waals surface area contributed by atoms with E-state index in [0.717, 1.165) is 58.9 Å². The average molecular weight is 451 g/mol. The predicted octanol–water partition coefficient (Wildman–Crippen LogP) is 1.10. The number of piperazine rings is 2. The van der Waals surface area contributed by atoms with Crippen molar-refractivity contribution in [1.82, 2.24) is 24.7 Å². The molecule has 33 heavy (non-hydrogen) atoms. The topological polar surface area (TPSA) is 76.0 Å². The lowest BCUT2D eigenvalue weighted by Gasteiger charge is -2.41. The third-order valence-electron chi connectivity index (χ3n) is 6.52. The van der Waals surface area contributed by atoms with Crippen LogP contribution in [0, 0.1) is 0 Å². The largest absolute Gasteiger partial charge is 0.388 e. The fourth-order valence-electron chi connectivity index (χ4n) is 4.35. The van der Waals surface area contributed by atoms with Crippen LogP contribution in [0.4, 0.5) is 5.95 Å². The highest BCUT2D eigenvalue weighted by Crippen LogP contribution is 2.16. The Balaban J connectivity index is 1.39. The van der Waals surface area contributed by atoms with Gasteiger partial charge in [-0.05, 0) is 12.6 Å². The number of aliphatic hydroxyl groups is 1. The first kappa shape index (κ1) is 23.5. The van der Waals surface area contributed by atoms with Crippen molar-refractivity contribution in [2.75, 3.05) is 77.5 Å². The zero-order chi connectivity index (χ0) is 23.0. The molecular formula is C25H34N6O2. The van der Waals surface area contributed by atoms with E-state index >= 15 is 0 Å². The third kappa shape index (κ3) is 6.45. The Hall–Kier alpha value is -2.65. The van der Waals surface area contributed by atoms with Crippen LogP contribution in [0.15, 0.2) is 48.8 Å². The molecule has 0 radical (unpaired) electrons. The summed E-state index contributed by atoms with van der Waals surface area (Å²) in [5.74, 6) is 0.280. The third-order valence-corrected chi connectivity index (χ3v) is 6.52. The van der Waals surface area contributed by atoms with Gasteiger partial charge in [-0.15, -0.1) is 0 Å². The smallest absolute Gasteiger partial charge is 0.225 e. The number of carbonyl (C=O) groups is 1. The number of hydrogen-bond acceptors (Lipinski definition) is 8. The summed E-state index contributed by atoms with van der Waals surface area (Å²) >= 11 is 0. The SMILES string of the molecule is CN1CCN(CC(/C=C/c2ccccc2)N2CCN(c3ncc(C(=O)CO)cn3)CC2)CC1. The molecule has 176 valence electrons. The molecule has 0 aliphatic carbocycles. The fraction of sp³-hybridized carbons (Fsp3) is 0.480. The Morgan fingerprint density at radius 1 is 1.00 bits per heavy atom. The van der Waals surface area contributed by atoms with E-state index in [2.05, 4.69) is 73.0 Å². The molecule has 0 spiro atoms. The summed E-state index contributed by atoms with van der Waals surface area (Å²) in [7, 11) is 2.19. The van der Waals surface area contributed by atoms with Gasteiger partial charge in [-0.3, -0.25) is 14.6 Å². The average Bonchev–Trinajstić information content (AvgIpc) is 2.88. The van der Waals surface area contributed by atoms with Crippen molar-refractivity contribution in [1.29, 1.82) is 0 Å². The lowest BCUT2D eigenvalue weighted by molar-refractivity contribution is 0.0903. The Morgan fingerprint density at radius 2 is 1.67 bits per heavy atom. The minimum Gasteiger partial charge on any atom is -0.388 e. The molecule has 1 aromatic heterocycles. The molecule has 2 aliphatic rings. The monoisotopic (exact) mass is 450 g/mol. The van der Waals surface area contributed by atoms with Crippen molar-refractivity contribution in [3.05, 3.63) is 59.9 Å². The van der Waals surface area contributed by atoms with Crippen LogP contribution >= 0.6 is 0 Å². The van der Waals surface area contributed by atoms with Crippen LogP contribution in [0.2, 0.25) is 0 Å². The molecule has 3 heterocycles. The van der Waals surface area contributed by atoms with Gasteiger partial charge >= 0.3 is 0 Å². The number of hydrogen-bond donors (Lipinski definition) is 1. The van der Waals surface area contributed by atoms with Crippen LogP contribution in [0.5, 0.6) is 0 Å². The van der Waals surface area contributed by atoms with Gasteiger partial charge in [-0.2, -0.15) is 0 Å². The maximum atomic E-state index is 11.6. The van der Waals surface area contributed by atoms with E-state index in [-0.39, 0.29) is 5.78 Å². The molecule has 1 N–H and O–H groups in total. The lowest BCUT2D eigenvalue weighted by atomic mass is 10.1. The van der Waals surface area contributed by atoms with Crippen molar-refractivity contribution in [3.8, 4) is 0 Å². The Morgan fingerprint density at radius 3 is 2.30 bits per heavy atom. The fourth-order valence-corrected chi connectivity index (χ4v) is 4.35. The van der Waals surface area contributed by atoms with Gasteiger partial charge in [-0.1, -0.05) is 42.5 Å². The molecular weight excluding hydrogens is 416 g/mol. The number of benzene rings is 1. The number of carbonyl (C=O) groups excluding carboxylic acids is 1. The Kier molecular flexibility index (Phi) is 8.17. The summed E-state index contributed by atoms with van der Waals surface area (Å²) in [5, 5.41) is 9.00. The van der Waals surface area contributed by atoms with E-state index in [9.17, 15) is 4.79 Å². The van der Waals surface area contributed by atoms with Crippen LogP contribution < -0.4 is 4.90 Å². The molecule has 1 aromatic carbocycles. The van der Waals surface area contributed by atoms with Gasteiger partial charge < -0.3 is 14.9 Å². The molecule has 0 saturated carbocycles. The van der Waals surface area contributed by atoms with Crippen LogP contribution in [0.25, 0.3) is 6.08 Å². The minimum absolute atomic E-state index is 0.346. The van der Waals surface area contributed by atoms with Crippen molar-refractivity contribution in [2.45, 2.75) is 6.04 Å². The van der Waals surface area contributed by atoms with Crippen LogP contribution in [0.3, 0.4) is 0 Å². The van der Waals surface area contributed by atoms with Gasteiger partial charge in [0.25, 0.3) is 0 Å². The van der Waals surface area contributed by atoms with Crippen molar-refractivity contribution < 1.29 is 9.90 Å². The van der Waals surface area contributed by atoms with Crippen LogP contribution in [-0.4, -0.2) is 114 Å². The predicted molar refractivity (Wildman–Crippen MR) is 130 cm³/mol. The van der Waals surface area contributed by atoms with E-state index in [4.69, 9.17) is 5.11 Å². The highest BCUT2D eigenvalue weighted by atomic mass is 16.3. The molecule has 1 atom stereocenters. The number of rotatable bonds is 8. The summed E-state index contributed by atoms with van der Waals surface area (Å²) in [5.41, 5.74) is 1.57. The molecule has 0 amide bonds. The highest BCUT2D eigenvalue weighted by molar-refractivity contribution is 5.96. The van der Waals surface area contributed by atoms with Gasteiger partial charge in [0.05, 0.1) is 5.56 Å². The summed E-state index contributed by atoms with van der Waals surface area (Å²) in [4.78, 5) is 30.0. The number of nitrogens with zero attached hydrogens (tertiary/aromatic N) is 6. The Bertz CT molecular complexity index is 904. The van der Waals surface area contributed by atoms with Crippen molar-refractivity contribution in [3.63, 3.8) is 0 Å². The van der Waals surface area contributed by atoms with E-state index < -0.39 is 6.61 Å². The second-order valence-corrected chi connectivity index (χ2v) is 8.82. The molecule has 4 rings (SSSR count). The molecule has 8 heteroatoms. The summed E-state index contributed by atoms with van der Waals surface area (Å²) in [6.45, 7) is 8.51. The van der Waals surface area contributed by atoms with Crippen molar-refractivity contribution >= 4 is 17.8 Å². The normalized spacial score (nSPS) is 19.8. The molecule has 1 unspecified atom stereocenters. The second-order valence-electron chi connectivity index (χ2n) is 8.82. The number of ketones is 1. The summed E-state index contributed by atoms with van der Waals surface area (Å²) in [6.07, 6.45) is 7.61. The quantitative estimate of drug-likeness (QED) is 0.600. The van der Waals surface area contributed by atoms with E-state index in [1.807, 2.05) is 6.07 Å². The first-order valence-corrected chi connectivity index (χ1v) is 11.7. The molecule has 0 bridgehead atoms. The highest BCUT2D eigenvalue weighted by Gasteiger charge is 2.26. The van der Waals surface area contributed by atoms with Crippen LogP contribution in [-0.2, 0) is 0 Å². The second kappa shape index (κ2) is 11.5. The van der Waals surface area contributed by atoms with Crippen molar-refractivity contribution in [2.24, 2.45) is 0 Å². The molecule has 2 saturated heterocycles. The summed E-state index contributed by atoms with van der Waals surface area (Å²) in [6, 6.07) is 10.8. The van der Waals surface area contributed by atoms with Gasteiger partial charge in [-0.25, -0.2) is 9.97 Å². The zero-order valence-electron chi connectivity index (χ0n) is 19.4. The maximum Gasteiger partial charge on any atom is 0.225 e. The Labute approximate surface area is 196 Å². The first-order chi connectivity index (χ1) is 16.1. The lowest BCUT2D eigenvalue weighted by Crippen LogP contribution is -2.55. The molecule has 8 nitrogen and oxygen atoms in total. The van der Waals surface area contributed by atoms with E-state index in [0.29, 0.717) is 17.6 Å². The van der Waals surface area contributed by atoms with Gasteiger partial charge in [0.15, 0.2) is 5.78 Å². The standard InChI is InChI=1S/C25H34N6O2/c1-28-9-11-29(12-10-28)19-23(8-7-21-5-3-2-4-6-21)30-13-15-31(16-14-30)25-26-17-22(18-27-25)24(33)20-32/h2-8,17-18,23,32H,9-16,19-20H2,1H3/b8-7+. The van der Waals surface area contributed by atoms with Gasteiger partial charge in [0, 0.05) is 77.3 Å². The molecule has 2 aliphatic heterocycles. The molecule has 2 aromatic rings.